The van der Waals surface area contributed by atoms with Crippen molar-refractivity contribution in [3.63, 3.8) is 0 Å². The fraction of sp³-hybridized carbons (Fsp3) is 0.385. The highest BCUT2D eigenvalue weighted by Crippen LogP contribution is 2.45. The molecule has 0 spiro atoms. The van der Waals surface area contributed by atoms with Gasteiger partial charge in [0, 0.05) is 42.7 Å². The quantitative estimate of drug-likeness (QED) is 0.185. The number of nitrogens with zero attached hydrogens (tertiary/aromatic N) is 5. The number of hydrogen-bond acceptors (Lipinski definition) is 8. The Balaban J connectivity index is 1.35. The highest BCUT2D eigenvalue weighted by atomic mass is 127. The molecule has 2 aliphatic rings. The van der Waals surface area contributed by atoms with Gasteiger partial charge in [-0.15, -0.1) is 0 Å². The maximum Gasteiger partial charge on any atom is 0.316 e. The van der Waals surface area contributed by atoms with Crippen molar-refractivity contribution in [1.29, 1.82) is 0 Å². The third kappa shape index (κ3) is 6.26. The van der Waals surface area contributed by atoms with Crippen LogP contribution in [-0.4, -0.2) is 60.2 Å². The Kier molecular flexibility index (Phi) is 8.10. The zero-order valence-corrected chi connectivity index (χ0v) is 25.4. The van der Waals surface area contributed by atoms with Crippen LogP contribution in [0.25, 0.3) is 5.69 Å². The summed E-state index contributed by atoms with van der Waals surface area (Å²) in [6.07, 6.45) is 3.62. The number of hydrogen-bond donors (Lipinski definition) is 0. The van der Waals surface area contributed by atoms with Crippen LogP contribution in [0.2, 0.25) is 5.02 Å². The molecule has 1 saturated carbocycles. The topological polar surface area (TPSA) is 128 Å². The van der Waals surface area contributed by atoms with Crippen LogP contribution in [0.3, 0.4) is 0 Å². The molecule has 1 aliphatic carbocycles. The van der Waals surface area contributed by atoms with Gasteiger partial charge in [0.1, 0.15) is 5.69 Å². The summed E-state index contributed by atoms with van der Waals surface area (Å²) >= 11 is 7.99. The second-order valence-corrected chi connectivity index (χ2v) is 13.9. The third-order valence-electron chi connectivity index (χ3n) is 7.17. The van der Waals surface area contributed by atoms with E-state index in [1.54, 1.807) is 42.6 Å². The fourth-order valence-corrected chi connectivity index (χ4v) is 6.70. The summed E-state index contributed by atoms with van der Waals surface area (Å²) in [7, 11) is -3.73. The van der Waals surface area contributed by atoms with E-state index < -0.39 is 20.5 Å². The lowest BCUT2D eigenvalue weighted by Gasteiger charge is -2.35. The van der Waals surface area contributed by atoms with Crippen LogP contribution in [0.1, 0.15) is 25.3 Å². The summed E-state index contributed by atoms with van der Waals surface area (Å²) in [6, 6.07) is 11.3. The number of ether oxygens (including phenoxy) is 1. The van der Waals surface area contributed by atoms with Gasteiger partial charge in [-0.25, -0.2) is 8.42 Å². The van der Waals surface area contributed by atoms with Crippen molar-refractivity contribution in [3.8, 4) is 11.4 Å². The Labute approximate surface area is 250 Å². The van der Waals surface area contributed by atoms with E-state index in [4.69, 9.17) is 16.3 Å². The Morgan fingerprint density at radius 1 is 1.15 bits per heavy atom. The minimum Gasteiger partial charge on any atom is -0.486 e. The Hall–Kier alpha value is -2.75. The first kappa shape index (κ1) is 28.8. The van der Waals surface area contributed by atoms with Gasteiger partial charge in [-0.2, -0.15) is 14.1 Å². The lowest BCUT2D eigenvalue weighted by Crippen LogP contribution is -2.49. The van der Waals surface area contributed by atoms with E-state index >= 15 is 0 Å². The first-order valence-corrected chi connectivity index (χ1v) is 15.7. The Morgan fingerprint density at radius 3 is 2.52 bits per heavy atom. The zero-order chi connectivity index (χ0) is 28.7. The number of anilines is 1. The minimum absolute atomic E-state index is 0.0330. The van der Waals surface area contributed by atoms with Gasteiger partial charge in [-0.3, -0.25) is 14.9 Å². The van der Waals surface area contributed by atoms with Crippen LogP contribution in [0, 0.1) is 19.1 Å². The van der Waals surface area contributed by atoms with E-state index in [1.807, 2.05) is 27.5 Å². The molecule has 212 valence electrons. The maximum absolute atomic E-state index is 13.6. The molecule has 3 aromatic rings. The molecular formula is C26H27ClIN5O6S. The van der Waals surface area contributed by atoms with Crippen molar-refractivity contribution >= 4 is 55.6 Å². The summed E-state index contributed by atoms with van der Waals surface area (Å²) in [6.45, 7) is 3.51. The number of rotatable bonds is 9. The fourth-order valence-electron chi connectivity index (χ4n) is 4.48. The second-order valence-electron chi connectivity index (χ2n) is 10.3. The molecule has 0 N–H and O–H groups in total. The molecule has 1 aromatic heterocycles. The minimum atomic E-state index is -3.73. The van der Waals surface area contributed by atoms with Crippen LogP contribution in [-0.2, 0) is 15.8 Å². The van der Waals surface area contributed by atoms with Crippen molar-refractivity contribution in [3.05, 3.63) is 83.3 Å². The van der Waals surface area contributed by atoms with E-state index in [-0.39, 0.29) is 35.7 Å². The first-order chi connectivity index (χ1) is 19.0. The van der Waals surface area contributed by atoms with Crippen LogP contribution in [0.4, 0.5) is 11.4 Å². The van der Waals surface area contributed by atoms with Crippen molar-refractivity contribution in [2.75, 3.05) is 37.7 Å². The molecule has 2 aromatic carbocycles. The van der Waals surface area contributed by atoms with Gasteiger partial charge in [0.2, 0.25) is 15.8 Å². The Morgan fingerprint density at radius 2 is 1.88 bits per heavy atom. The average molecular weight is 700 g/mol. The number of halogens is 2. The summed E-state index contributed by atoms with van der Waals surface area (Å²) in [5.41, 5.74) is 0.874. The molecule has 14 heteroatoms. The molecule has 0 unspecified atom stereocenters. The number of benzene rings is 2. The second kappa shape index (κ2) is 11.3. The number of sulfonamides is 1. The van der Waals surface area contributed by atoms with Gasteiger partial charge < -0.3 is 9.64 Å². The summed E-state index contributed by atoms with van der Waals surface area (Å²) < 4.78 is 35.5. The monoisotopic (exact) mass is 699 g/mol. The molecule has 40 heavy (non-hydrogen) atoms. The predicted molar refractivity (Wildman–Crippen MR) is 160 cm³/mol. The number of piperazine rings is 1. The van der Waals surface area contributed by atoms with Crippen molar-refractivity contribution in [2.45, 2.75) is 25.5 Å². The lowest BCUT2D eigenvalue weighted by molar-refractivity contribution is -0.385. The van der Waals surface area contributed by atoms with Crippen LogP contribution >= 0.6 is 34.2 Å². The Bertz CT molecular complexity index is 1620. The molecule has 5 rings (SSSR count). The summed E-state index contributed by atoms with van der Waals surface area (Å²) in [5.74, 6) is -0.166. The first-order valence-electron chi connectivity index (χ1n) is 12.6. The highest BCUT2D eigenvalue weighted by molar-refractivity contribution is 14.1. The van der Waals surface area contributed by atoms with E-state index in [1.165, 1.54) is 15.1 Å². The molecule has 2 heterocycles. The van der Waals surface area contributed by atoms with Crippen molar-refractivity contribution < 1.29 is 18.1 Å². The molecule has 0 amide bonds. The van der Waals surface area contributed by atoms with Crippen molar-refractivity contribution in [2.24, 2.45) is 5.41 Å². The normalized spacial score (nSPS) is 17.0. The van der Waals surface area contributed by atoms with Gasteiger partial charge in [0.05, 0.1) is 32.7 Å². The SMILES string of the molecule is CC1(COc2c(N3CCN(S(=O)(=O)Cc4ccc(I)c([N+](=O)[O-])c4)CC3)cnn(-c3cccc(Cl)c3)c2=O)CC1. The van der Waals surface area contributed by atoms with Gasteiger partial charge in [0.25, 0.3) is 5.69 Å². The van der Waals surface area contributed by atoms with Gasteiger partial charge >= 0.3 is 5.56 Å². The molecule has 2 fully saturated rings. The maximum atomic E-state index is 13.6. The van der Waals surface area contributed by atoms with Crippen molar-refractivity contribution in [1.82, 2.24) is 14.1 Å². The molecule has 0 bridgehead atoms. The van der Waals surface area contributed by atoms with Crippen LogP contribution < -0.4 is 15.2 Å². The number of nitro groups is 1. The molecule has 0 atom stereocenters. The summed E-state index contributed by atoms with van der Waals surface area (Å²) in [4.78, 5) is 26.2. The number of aromatic nitrogens is 2. The largest absolute Gasteiger partial charge is 0.486 e. The van der Waals surface area contributed by atoms with E-state index in [0.29, 0.717) is 45.2 Å². The molecule has 11 nitrogen and oxygen atoms in total. The summed E-state index contributed by atoms with van der Waals surface area (Å²) in [5, 5.41) is 16.1. The van der Waals surface area contributed by atoms with E-state index in [0.717, 1.165) is 12.8 Å². The van der Waals surface area contributed by atoms with Crippen LogP contribution in [0.15, 0.2) is 53.5 Å². The molecule has 1 aliphatic heterocycles. The van der Waals surface area contributed by atoms with E-state index in [9.17, 15) is 23.3 Å². The van der Waals surface area contributed by atoms with Crippen LogP contribution in [0.5, 0.6) is 5.75 Å². The highest BCUT2D eigenvalue weighted by Gasteiger charge is 2.39. The van der Waals surface area contributed by atoms with Gasteiger partial charge in [0.15, 0.2) is 0 Å². The smallest absolute Gasteiger partial charge is 0.316 e. The zero-order valence-electron chi connectivity index (χ0n) is 21.6. The molecule has 0 radical (unpaired) electrons. The standard InChI is InChI=1S/C26H27ClIN5O6S/c1-26(7-8-26)17-39-24-23(15-29-32(25(24)34)20-4-2-3-19(27)14-20)30-9-11-31(12-10-30)40(37,38)16-18-5-6-21(28)22(13-18)33(35)36/h2-6,13-15H,7-12,16-17H2,1H3. The molecule has 1 saturated heterocycles. The third-order valence-corrected chi connectivity index (χ3v) is 10.2. The average Bonchev–Trinajstić information content (AvgIpc) is 3.65. The predicted octanol–water partition coefficient (Wildman–Crippen LogP) is 4.23. The van der Waals surface area contributed by atoms with Gasteiger partial charge in [-0.05, 0) is 65.3 Å². The van der Waals surface area contributed by atoms with Gasteiger partial charge in [-0.1, -0.05) is 30.7 Å². The van der Waals surface area contributed by atoms with E-state index in [2.05, 4.69) is 12.0 Å². The lowest BCUT2D eigenvalue weighted by atomic mass is 10.2. The number of nitro benzene ring substituents is 1. The molecular weight excluding hydrogens is 673 g/mol.